The van der Waals surface area contributed by atoms with E-state index in [0.717, 1.165) is 38.5 Å². The zero-order valence-electron chi connectivity index (χ0n) is 14.2. The average Bonchev–Trinajstić information content (AvgIpc) is 3.23. The molecule has 0 bridgehead atoms. The Morgan fingerprint density at radius 1 is 1.33 bits per heavy atom. The molecule has 9 heteroatoms. The number of guanidine groups is 1. The van der Waals surface area contributed by atoms with Crippen molar-refractivity contribution in [2.45, 2.75) is 38.4 Å². The summed E-state index contributed by atoms with van der Waals surface area (Å²) in [5.74, 6) is 2.19. The van der Waals surface area contributed by atoms with Crippen LogP contribution in [0.5, 0.6) is 0 Å². The van der Waals surface area contributed by atoms with Gasteiger partial charge in [-0.25, -0.2) is 0 Å². The van der Waals surface area contributed by atoms with Gasteiger partial charge in [-0.15, -0.1) is 24.0 Å². The molecule has 2 atom stereocenters. The summed E-state index contributed by atoms with van der Waals surface area (Å²) >= 11 is 0. The maximum Gasteiger partial charge on any atom is 0.228 e. The number of aryl methyl sites for hydroxylation is 1. The largest absolute Gasteiger partial charge is 0.375 e. The molecule has 1 N–H and O–H groups in total. The van der Waals surface area contributed by atoms with Crippen LogP contribution in [0.2, 0.25) is 0 Å². The van der Waals surface area contributed by atoms with Crippen LogP contribution in [0.4, 0.5) is 0 Å². The fourth-order valence-electron chi connectivity index (χ4n) is 3.04. The highest BCUT2D eigenvalue weighted by Gasteiger charge is 2.32. The van der Waals surface area contributed by atoms with Gasteiger partial charge in [-0.2, -0.15) is 4.98 Å². The van der Waals surface area contributed by atoms with Crippen molar-refractivity contribution in [1.29, 1.82) is 0 Å². The molecule has 2 fully saturated rings. The minimum absolute atomic E-state index is 0. The Labute approximate surface area is 159 Å². The molecule has 2 aliphatic heterocycles. The first-order valence-corrected chi connectivity index (χ1v) is 8.24. The summed E-state index contributed by atoms with van der Waals surface area (Å²) in [5.41, 5.74) is 0. The zero-order valence-corrected chi connectivity index (χ0v) is 16.6. The van der Waals surface area contributed by atoms with E-state index in [2.05, 4.69) is 25.3 Å². The number of nitrogens with one attached hydrogen (secondary N) is 1. The first-order valence-electron chi connectivity index (χ1n) is 8.24. The van der Waals surface area contributed by atoms with Crippen molar-refractivity contribution < 1.29 is 14.0 Å². The van der Waals surface area contributed by atoms with Crippen LogP contribution >= 0.6 is 24.0 Å². The number of morpholine rings is 1. The molecule has 1 aromatic rings. The van der Waals surface area contributed by atoms with Gasteiger partial charge in [0, 0.05) is 39.7 Å². The standard InChI is InChI=1S/C15H25N5O3.HI/c1-11-18-14(23-19-11)5-6-17-15(16-2)20-7-9-22-13(10-20)12-4-3-8-21-12;/h12-13H,3-10H2,1-2H3,(H,16,17);1H. The van der Waals surface area contributed by atoms with E-state index in [1.54, 1.807) is 7.05 Å². The molecular weight excluding hydrogens is 425 g/mol. The van der Waals surface area contributed by atoms with Gasteiger partial charge < -0.3 is 24.2 Å². The second-order valence-corrected chi connectivity index (χ2v) is 5.87. The summed E-state index contributed by atoms with van der Waals surface area (Å²) in [6.07, 6.45) is 3.24. The van der Waals surface area contributed by atoms with Gasteiger partial charge in [-0.05, 0) is 19.8 Å². The maximum atomic E-state index is 5.88. The molecule has 8 nitrogen and oxygen atoms in total. The van der Waals surface area contributed by atoms with Gasteiger partial charge in [0.25, 0.3) is 0 Å². The molecule has 24 heavy (non-hydrogen) atoms. The lowest BCUT2D eigenvalue weighted by Gasteiger charge is -2.37. The van der Waals surface area contributed by atoms with Crippen LogP contribution < -0.4 is 5.32 Å². The van der Waals surface area contributed by atoms with E-state index in [-0.39, 0.29) is 36.2 Å². The highest BCUT2D eigenvalue weighted by molar-refractivity contribution is 14.0. The molecule has 2 saturated heterocycles. The second kappa shape index (κ2) is 9.52. The van der Waals surface area contributed by atoms with Crippen molar-refractivity contribution in [2.24, 2.45) is 4.99 Å². The third-order valence-corrected chi connectivity index (χ3v) is 4.18. The van der Waals surface area contributed by atoms with Gasteiger partial charge in [0.2, 0.25) is 5.89 Å². The molecule has 1 aromatic heterocycles. The normalized spacial score (nSPS) is 24.8. The number of halogens is 1. The Kier molecular flexibility index (Phi) is 7.69. The van der Waals surface area contributed by atoms with E-state index < -0.39 is 0 Å². The fraction of sp³-hybridized carbons (Fsp3) is 0.800. The summed E-state index contributed by atoms with van der Waals surface area (Å²) in [4.78, 5) is 10.8. The van der Waals surface area contributed by atoms with E-state index >= 15 is 0 Å². The van der Waals surface area contributed by atoms with E-state index in [1.165, 1.54) is 0 Å². The lowest BCUT2D eigenvalue weighted by molar-refractivity contribution is -0.0816. The summed E-state index contributed by atoms with van der Waals surface area (Å²) < 4.78 is 16.8. The third kappa shape index (κ3) is 5.03. The van der Waals surface area contributed by atoms with Gasteiger partial charge in [0.15, 0.2) is 11.8 Å². The van der Waals surface area contributed by atoms with Gasteiger partial charge in [0.05, 0.1) is 12.7 Å². The Bertz CT molecular complexity index is 533. The highest BCUT2D eigenvalue weighted by atomic mass is 127. The predicted octanol–water partition coefficient (Wildman–Crippen LogP) is 0.994. The molecule has 3 rings (SSSR count). The first-order chi connectivity index (χ1) is 11.3. The zero-order chi connectivity index (χ0) is 16.1. The van der Waals surface area contributed by atoms with Gasteiger partial charge in [-0.3, -0.25) is 4.99 Å². The summed E-state index contributed by atoms with van der Waals surface area (Å²) in [6, 6.07) is 0. The molecule has 0 spiro atoms. The van der Waals surface area contributed by atoms with Crippen LogP contribution in [0.25, 0.3) is 0 Å². The Balaban J connectivity index is 0.00000208. The van der Waals surface area contributed by atoms with Crippen molar-refractivity contribution in [1.82, 2.24) is 20.4 Å². The lowest BCUT2D eigenvalue weighted by Crippen LogP contribution is -2.53. The minimum Gasteiger partial charge on any atom is -0.375 e. The lowest BCUT2D eigenvalue weighted by atomic mass is 10.1. The Hall–Kier alpha value is -0.940. The van der Waals surface area contributed by atoms with Gasteiger partial charge in [0.1, 0.15) is 6.10 Å². The quantitative estimate of drug-likeness (QED) is 0.415. The van der Waals surface area contributed by atoms with Crippen LogP contribution in [0.15, 0.2) is 9.52 Å². The first kappa shape index (κ1) is 19.4. The third-order valence-electron chi connectivity index (χ3n) is 4.18. The smallest absolute Gasteiger partial charge is 0.228 e. The van der Waals surface area contributed by atoms with E-state index in [0.29, 0.717) is 31.3 Å². The molecule has 2 aliphatic rings. The van der Waals surface area contributed by atoms with E-state index in [9.17, 15) is 0 Å². The number of aromatic nitrogens is 2. The molecular formula is C15H26IN5O3. The number of hydrogen-bond donors (Lipinski definition) is 1. The molecule has 0 aromatic carbocycles. The number of rotatable bonds is 4. The number of aliphatic imine (C=N–C) groups is 1. The highest BCUT2D eigenvalue weighted by Crippen LogP contribution is 2.20. The van der Waals surface area contributed by atoms with Crippen LogP contribution in [-0.4, -0.2) is 73.1 Å². The molecule has 3 heterocycles. The van der Waals surface area contributed by atoms with Crippen molar-refractivity contribution in [3.8, 4) is 0 Å². The predicted molar refractivity (Wildman–Crippen MR) is 99.8 cm³/mol. The van der Waals surface area contributed by atoms with Crippen LogP contribution in [0.3, 0.4) is 0 Å². The summed E-state index contributed by atoms with van der Waals surface area (Å²) in [6.45, 7) is 5.72. The molecule has 0 saturated carbocycles. The molecule has 0 amide bonds. The molecule has 0 radical (unpaired) electrons. The monoisotopic (exact) mass is 451 g/mol. The minimum atomic E-state index is 0. The summed E-state index contributed by atoms with van der Waals surface area (Å²) in [7, 11) is 1.80. The molecule has 136 valence electrons. The fourth-order valence-corrected chi connectivity index (χ4v) is 3.04. The topological polar surface area (TPSA) is 85.0 Å². The Morgan fingerprint density at radius 2 is 2.17 bits per heavy atom. The molecule has 0 aliphatic carbocycles. The van der Waals surface area contributed by atoms with Crippen molar-refractivity contribution >= 4 is 29.9 Å². The van der Waals surface area contributed by atoms with E-state index in [4.69, 9.17) is 14.0 Å². The summed E-state index contributed by atoms with van der Waals surface area (Å²) in [5, 5.41) is 7.15. The average molecular weight is 451 g/mol. The van der Waals surface area contributed by atoms with Crippen LogP contribution in [0.1, 0.15) is 24.6 Å². The molecule has 2 unspecified atom stereocenters. The van der Waals surface area contributed by atoms with Crippen molar-refractivity contribution in [3.63, 3.8) is 0 Å². The number of ether oxygens (including phenoxy) is 2. The maximum absolute atomic E-state index is 5.88. The van der Waals surface area contributed by atoms with Crippen molar-refractivity contribution in [3.05, 3.63) is 11.7 Å². The van der Waals surface area contributed by atoms with Crippen LogP contribution in [0, 0.1) is 6.92 Å². The Morgan fingerprint density at radius 3 is 2.83 bits per heavy atom. The van der Waals surface area contributed by atoms with E-state index in [1.807, 2.05) is 6.92 Å². The SMILES string of the molecule is CN=C(NCCc1nc(C)no1)N1CCOC(C2CCCO2)C1.I. The van der Waals surface area contributed by atoms with Gasteiger partial charge in [-0.1, -0.05) is 5.16 Å². The number of hydrogen-bond acceptors (Lipinski definition) is 6. The number of nitrogens with zero attached hydrogens (tertiary/aromatic N) is 4. The van der Waals surface area contributed by atoms with Crippen molar-refractivity contribution in [2.75, 3.05) is 39.9 Å². The second-order valence-electron chi connectivity index (χ2n) is 5.87. The van der Waals surface area contributed by atoms with Crippen LogP contribution in [-0.2, 0) is 15.9 Å². The van der Waals surface area contributed by atoms with Gasteiger partial charge >= 0.3 is 0 Å².